The molecule has 3 aliphatic rings. The van der Waals surface area contributed by atoms with Gasteiger partial charge in [0.05, 0.1) is 5.70 Å². The molecule has 0 bridgehead atoms. The fourth-order valence-corrected chi connectivity index (χ4v) is 4.86. The summed E-state index contributed by atoms with van der Waals surface area (Å²) in [6.07, 6.45) is 18.5. The Labute approximate surface area is 236 Å². The zero-order valence-corrected chi connectivity index (χ0v) is 24.0. The number of carbonyl (C=O) groups excluding carboxylic acids is 4. The number of hydrogen-bond acceptors (Lipinski definition) is 6. The molecule has 1 heterocycles. The Bertz CT molecular complexity index is 1260. The lowest BCUT2D eigenvalue weighted by Crippen LogP contribution is -2.37. The number of fused-ring (bicyclic) bond motifs is 1. The fourth-order valence-electron chi connectivity index (χ4n) is 4.86. The highest BCUT2D eigenvalue weighted by Gasteiger charge is 2.58. The van der Waals surface area contributed by atoms with Crippen molar-refractivity contribution in [1.29, 1.82) is 0 Å². The Balaban J connectivity index is 1.60. The summed E-state index contributed by atoms with van der Waals surface area (Å²) in [4.78, 5) is 49.2. The summed E-state index contributed by atoms with van der Waals surface area (Å²) < 4.78 is 5.64. The minimum atomic E-state index is -0.610. The first kappa shape index (κ1) is 30.8. The quantitative estimate of drug-likeness (QED) is 0.179. The molecule has 0 aromatic rings. The minimum Gasteiger partial charge on any atom is -0.510 e. The molecule has 2 amide bonds. The van der Waals surface area contributed by atoms with Gasteiger partial charge in [-0.05, 0) is 39.2 Å². The maximum atomic E-state index is 12.9. The molecule has 0 unspecified atom stereocenters. The van der Waals surface area contributed by atoms with Crippen molar-refractivity contribution < 1.29 is 29.0 Å². The third-order valence-electron chi connectivity index (χ3n) is 7.14. The largest absolute Gasteiger partial charge is 0.510 e. The molecular weight excluding hydrogens is 508 g/mol. The molecule has 3 N–H and O–H groups in total. The van der Waals surface area contributed by atoms with Crippen LogP contribution < -0.4 is 10.6 Å². The lowest BCUT2D eigenvalue weighted by atomic mass is 9.78. The molecule has 214 valence electrons. The highest BCUT2D eigenvalue weighted by Crippen LogP contribution is 2.46. The Kier molecular flexibility index (Phi) is 10.4. The van der Waals surface area contributed by atoms with E-state index in [4.69, 9.17) is 4.74 Å². The molecule has 8 nitrogen and oxygen atoms in total. The smallest absolute Gasteiger partial charge is 0.251 e. The third-order valence-corrected chi connectivity index (χ3v) is 7.14. The highest BCUT2D eigenvalue weighted by atomic mass is 16.6. The van der Waals surface area contributed by atoms with Crippen LogP contribution in [-0.4, -0.2) is 40.7 Å². The summed E-state index contributed by atoms with van der Waals surface area (Å²) in [5.74, 6) is -1.02. The first-order chi connectivity index (χ1) is 18.9. The molecule has 1 fully saturated rings. The second-order valence-electron chi connectivity index (χ2n) is 10.9. The van der Waals surface area contributed by atoms with Gasteiger partial charge in [0.15, 0.2) is 5.78 Å². The zero-order valence-electron chi connectivity index (χ0n) is 24.0. The van der Waals surface area contributed by atoms with Crippen molar-refractivity contribution in [3.05, 3.63) is 83.0 Å². The predicted octanol–water partition coefficient (Wildman–Crippen LogP) is 4.98. The number of hydrogen-bond donors (Lipinski definition) is 3. The summed E-state index contributed by atoms with van der Waals surface area (Å²) in [5, 5.41) is 14.8. The Morgan fingerprint density at radius 3 is 2.55 bits per heavy atom. The van der Waals surface area contributed by atoms with Gasteiger partial charge in [-0.15, -0.1) is 0 Å². The van der Waals surface area contributed by atoms with Gasteiger partial charge in [-0.2, -0.15) is 0 Å². The topological polar surface area (TPSA) is 125 Å². The molecule has 0 saturated carbocycles. The first-order valence-electron chi connectivity index (χ1n) is 13.8. The van der Waals surface area contributed by atoms with Gasteiger partial charge in [0.2, 0.25) is 11.7 Å². The van der Waals surface area contributed by atoms with Gasteiger partial charge < -0.3 is 20.5 Å². The number of nitrogens with one attached hydrogen (secondary N) is 2. The standard InChI is InChI=1S/C32H40N2O6/c1-6-7-12-20(2)17-21(3)18-22(4)31(39)33-23-19-32(5,30-29(40-30)28(23)38)16-11-9-8-10-13-26(37)34-27-24(35)14-15-25(27)36/h8-11,13,16-20,29-30,35H,6-7,12,14-15H2,1-5H3,(H,33,39)(H,34,37)/b9-8+,13-10+,16-11+,21-17+,22-18+/t20-,29-,30-,32-/m1/s1. The van der Waals surface area contributed by atoms with Crippen LogP contribution in [0.4, 0.5) is 0 Å². The molecule has 4 atom stereocenters. The Morgan fingerprint density at radius 2 is 1.88 bits per heavy atom. The van der Waals surface area contributed by atoms with Gasteiger partial charge in [-0.25, -0.2) is 0 Å². The van der Waals surface area contributed by atoms with Crippen molar-refractivity contribution in [3.8, 4) is 0 Å². The normalized spacial score (nSPS) is 26.1. The molecule has 40 heavy (non-hydrogen) atoms. The Morgan fingerprint density at radius 1 is 1.15 bits per heavy atom. The van der Waals surface area contributed by atoms with Gasteiger partial charge in [-0.3, -0.25) is 19.2 Å². The lowest BCUT2D eigenvalue weighted by Gasteiger charge is -2.25. The maximum absolute atomic E-state index is 12.9. The molecule has 1 saturated heterocycles. The summed E-state index contributed by atoms with van der Waals surface area (Å²) in [7, 11) is 0. The average Bonchev–Trinajstić information content (AvgIpc) is 3.66. The van der Waals surface area contributed by atoms with Gasteiger partial charge in [-0.1, -0.05) is 74.8 Å². The van der Waals surface area contributed by atoms with Crippen LogP contribution in [0.25, 0.3) is 0 Å². The molecule has 8 heteroatoms. The summed E-state index contributed by atoms with van der Waals surface area (Å²) in [6, 6.07) is 0. The average molecular weight is 549 g/mol. The van der Waals surface area contributed by atoms with Crippen LogP contribution in [0.5, 0.6) is 0 Å². The molecule has 0 aromatic heterocycles. The number of epoxide rings is 1. The van der Waals surface area contributed by atoms with Crippen LogP contribution in [0, 0.1) is 11.3 Å². The van der Waals surface area contributed by atoms with E-state index in [9.17, 15) is 24.3 Å². The van der Waals surface area contributed by atoms with Crippen LogP contribution in [0.15, 0.2) is 83.0 Å². The Hall–Kier alpha value is -3.78. The number of ether oxygens (including phenoxy) is 1. The van der Waals surface area contributed by atoms with Crippen LogP contribution >= 0.6 is 0 Å². The van der Waals surface area contributed by atoms with E-state index in [-0.39, 0.29) is 53.6 Å². The van der Waals surface area contributed by atoms with E-state index >= 15 is 0 Å². The number of amides is 2. The van der Waals surface area contributed by atoms with Gasteiger partial charge >= 0.3 is 0 Å². The van der Waals surface area contributed by atoms with E-state index in [1.54, 1.807) is 31.2 Å². The molecule has 1 aliphatic heterocycles. The SMILES string of the molecule is CCCC[C@@H](C)/C=C(C)/C=C(\C)C(=O)NC1=C[C@@](C)(/C=C/C=C/C=C/C(=O)NC2=C(O)CCC2=O)[C@@H]2O[C@@H]2C1=O. The minimum absolute atomic E-state index is 0.0405. The van der Waals surface area contributed by atoms with Crippen molar-refractivity contribution in [3.63, 3.8) is 0 Å². The van der Waals surface area contributed by atoms with Gasteiger partial charge in [0.1, 0.15) is 23.7 Å². The van der Waals surface area contributed by atoms with Gasteiger partial charge in [0.25, 0.3) is 5.91 Å². The monoisotopic (exact) mass is 548 g/mol. The molecular formula is C32H40N2O6. The molecule has 3 rings (SSSR count). The third kappa shape index (κ3) is 8.11. The number of ketones is 2. The van der Waals surface area contributed by atoms with Gasteiger partial charge in [0, 0.05) is 29.9 Å². The van der Waals surface area contributed by atoms with Crippen LogP contribution in [0.2, 0.25) is 0 Å². The molecule has 0 radical (unpaired) electrons. The number of rotatable bonds is 12. The molecule has 0 aromatic carbocycles. The van der Waals surface area contributed by atoms with E-state index in [0.29, 0.717) is 11.5 Å². The number of Topliss-reactive ketones (excluding diaryl/α,β-unsaturated/α-hetero) is 2. The maximum Gasteiger partial charge on any atom is 0.251 e. The number of aliphatic hydroxyl groups is 1. The summed E-state index contributed by atoms with van der Waals surface area (Å²) >= 11 is 0. The highest BCUT2D eigenvalue weighted by molar-refractivity contribution is 6.07. The zero-order chi connectivity index (χ0) is 29.4. The van der Waals surface area contributed by atoms with E-state index < -0.39 is 17.4 Å². The van der Waals surface area contributed by atoms with Crippen molar-refractivity contribution in [2.24, 2.45) is 11.3 Å². The van der Waals surface area contributed by atoms with Crippen molar-refractivity contribution in [1.82, 2.24) is 10.6 Å². The van der Waals surface area contributed by atoms with Crippen molar-refractivity contribution >= 4 is 23.4 Å². The molecule has 2 aliphatic carbocycles. The fraction of sp³-hybridized carbons (Fsp3) is 0.438. The molecule has 0 spiro atoms. The second-order valence-corrected chi connectivity index (χ2v) is 10.9. The number of aliphatic hydroxyl groups excluding tert-OH is 1. The van der Waals surface area contributed by atoms with Crippen molar-refractivity contribution in [2.45, 2.75) is 78.9 Å². The van der Waals surface area contributed by atoms with E-state index in [1.165, 1.54) is 18.6 Å². The number of unbranched alkanes of at least 4 members (excludes halogenated alkanes) is 1. The second kappa shape index (κ2) is 13.5. The number of carbonyl (C=O) groups is 4. The van der Waals surface area contributed by atoms with E-state index in [2.05, 4.69) is 30.6 Å². The van der Waals surface area contributed by atoms with Crippen LogP contribution in [-0.2, 0) is 23.9 Å². The van der Waals surface area contributed by atoms with Crippen molar-refractivity contribution in [2.75, 3.05) is 0 Å². The first-order valence-corrected chi connectivity index (χ1v) is 13.8. The van der Waals surface area contributed by atoms with E-state index in [0.717, 1.165) is 18.4 Å². The predicted molar refractivity (Wildman–Crippen MR) is 154 cm³/mol. The lowest BCUT2D eigenvalue weighted by molar-refractivity contribution is -0.121. The summed E-state index contributed by atoms with van der Waals surface area (Å²) in [5.41, 5.74) is 1.10. The van der Waals surface area contributed by atoms with Crippen LogP contribution in [0.1, 0.15) is 66.7 Å². The number of allylic oxidation sites excluding steroid dienone is 9. The van der Waals surface area contributed by atoms with Crippen LogP contribution in [0.3, 0.4) is 0 Å². The van der Waals surface area contributed by atoms with E-state index in [1.807, 2.05) is 26.0 Å². The summed E-state index contributed by atoms with van der Waals surface area (Å²) in [6.45, 7) is 9.97.